The second kappa shape index (κ2) is 16.4. The highest BCUT2D eigenvalue weighted by Crippen LogP contribution is 2.45. The molecule has 0 spiro atoms. The molecule has 2 aromatic carbocycles. The fourth-order valence-corrected chi connectivity index (χ4v) is 7.79. The van der Waals surface area contributed by atoms with Crippen molar-refractivity contribution in [1.82, 2.24) is 25.2 Å². The van der Waals surface area contributed by atoms with Gasteiger partial charge in [-0.3, -0.25) is 14.5 Å². The number of hydrogen-bond donors (Lipinski definition) is 2. The van der Waals surface area contributed by atoms with Crippen LogP contribution in [0.5, 0.6) is 11.8 Å². The SMILES string of the molecule is COc1nc(-c2cccc(-c3cccc4c3CC[C@@H]4Cc3nc(OC)c(CN(C)[C@@H](C)C(=O)O)nc3C(F)(F)F)c2Cl)ccc1CNC[C@@H]1CCC(=O)C1. The van der Waals surface area contributed by atoms with E-state index in [2.05, 4.69) is 15.3 Å². The first kappa shape index (κ1) is 39.1. The number of likely N-dealkylation sites (N-methyl/N-ethyl adjacent to an activating group) is 1. The number of aliphatic carboxylic acids is 1. The number of pyridine rings is 1. The molecule has 6 rings (SSSR count). The predicted octanol–water partition coefficient (Wildman–Crippen LogP) is 7.53. The number of rotatable bonds is 14. The maximum atomic E-state index is 14.5. The summed E-state index contributed by atoms with van der Waals surface area (Å²) in [6.07, 6.45) is -1.41. The van der Waals surface area contributed by atoms with Crippen molar-refractivity contribution < 1.29 is 37.3 Å². The van der Waals surface area contributed by atoms with E-state index in [1.54, 1.807) is 7.11 Å². The van der Waals surface area contributed by atoms with Crippen molar-refractivity contribution in [1.29, 1.82) is 0 Å². The molecular weight excluding hydrogens is 723 g/mol. The lowest BCUT2D eigenvalue weighted by molar-refractivity contribution is -0.144. The normalized spacial score (nSPS) is 17.5. The van der Waals surface area contributed by atoms with Gasteiger partial charge in [-0.1, -0.05) is 54.1 Å². The van der Waals surface area contributed by atoms with E-state index in [4.69, 9.17) is 26.1 Å². The zero-order valence-corrected chi connectivity index (χ0v) is 31.4. The number of carbonyl (C=O) groups excluding carboxylic acids is 1. The third-order valence-corrected chi connectivity index (χ3v) is 10.9. The van der Waals surface area contributed by atoms with E-state index in [0.29, 0.717) is 66.1 Å². The molecule has 0 amide bonds. The van der Waals surface area contributed by atoms with Crippen LogP contribution in [0.15, 0.2) is 48.5 Å². The van der Waals surface area contributed by atoms with Gasteiger partial charge in [0.1, 0.15) is 17.5 Å². The van der Waals surface area contributed by atoms with Crippen LogP contribution in [0.1, 0.15) is 72.3 Å². The lowest BCUT2D eigenvalue weighted by Gasteiger charge is -2.23. The quantitative estimate of drug-likeness (QED) is 0.133. The minimum absolute atomic E-state index is 0.0201. The summed E-state index contributed by atoms with van der Waals surface area (Å²) in [6.45, 7) is 2.53. The Morgan fingerprint density at radius 2 is 1.70 bits per heavy atom. The molecule has 2 heterocycles. The zero-order valence-electron chi connectivity index (χ0n) is 30.6. The van der Waals surface area contributed by atoms with Crippen LogP contribution < -0.4 is 14.8 Å². The molecular formula is C40H43ClF3N5O5. The number of benzene rings is 2. The molecule has 0 saturated heterocycles. The maximum Gasteiger partial charge on any atom is 0.435 e. The molecule has 2 aliphatic carbocycles. The number of methoxy groups -OCH3 is 2. The van der Waals surface area contributed by atoms with Crippen molar-refractivity contribution in [2.75, 3.05) is 27.8 Å². The molecule has 1 saturated carbocycles. The third kappa shape index (κ3) is 8.38. The molecule has 10 nitrogen and oxygen atoms in total. The van der Waals surface area contributed by atoms with Gasteiger partial charge in [-0.25, -0.2) is 15.0 Å². The van der Waals surface area contributed by atoms with Gasteiger partial charge in [-0.15, -0.1) is 0 Å². The summed E-state index contributed by atoms with van der Waals surface area (Å²) in [6, 6.07) is 14.4. The average molecular weight is 766 g/mol. The van der Waals surface area contributed by atoms with Gasteiger partial charge in [0.05, 0.1) is 30.6 Å². The third-order valence-electron chi connectivity index (χ3n) is 10.5. The number of ether oxygens (including phenoxy) is 2. The minimum Gasteiger partial charge on any atom is -0.481 e. The zero-order chi connectivity index (χ0) is 38.7. The molecule has 286 valence electrons. The van der Waals surface area contributed by atoms with Crippen LogP contribution in [0.2, 0.25) is 5.02 Å². The molecule has 3 atom stereocenters. The lowest BCUT2D eigenvalue weighted by atomic mass is 9.91. The Labute approximate surface area is 317 Å². The second-order valence-corrected chi connectivity index (χ2v) is 14.4. The van der Waals surface area contributed by atoms with Crippen LogP contribution in [0.4, 0.5) is 13.2 Å². The van der Waals surface area contributed by atoms with Crippen LogP contribution in [-0.4, -0.2) is 70.6 Å². The smallest absolute Gasteiger partial charge is 0.435 e. The fourth-order valence-electron chi connectivity index (χ4n) is 7.47. The van der Waals surface area contributed by atoms with Gasteiger partial charge in [0.15, 0.2) is 5.69 Å². The number of carbonyl (C=O) groups is 2. The molecule has 2 aliphatic rings. The van der Waals surface area contributed by atoms with Crippen LogP contribution >= 0.6 is 11.6 Å². The van der Waals surface area contributed by atoms with Crippen LogP contribution in [0.25, 0.3) is 22.4 Å². The molecule has 1 fully saturated rings. The summed E-state index contributed by atoms with van der Waals surface area (Å²) in [5, 5.41) is 13.3. The number of hydrogen-bond acceptors (Lipinski definition) is 9. The van der Waals surface area contributed by atoms with E-state index in [0.717, 1.165) is 40.8 Å². The van der Waals surface area contributed by atoms with Gasteiger partial charge in [0.2, 0.25) is 11.8 Å². The molecule has 54 heavy (non-hydrogen) atoms. The van der Waals surface area contributed by atoms with Crippen LogP contribution in [0, 0.1) is 5.92 Å². The Morgan fingerprint density at radius 3 is 2.39 bits per heavy atom. The molecule has 2 N–H and O–H groups in total. The van der Waals surface area contributed by atoms with Gasteiger partial charge >= 0.3 is 12.1 Å². The Kier molecular flexibility index (Phi) is 11.9. The van der Waals surface area contributed by atoms with Gasteiger partial charge in [-0.05, 0) is 80.8 Å². The number of aromatic nitrogens is 3. The number of alkyl halides is 3. The topological polar surface area (TPSA) is 127 Å². The number of nitrogens with one attached hydrogen (secondary N) is 1. The number of carboxylic acid groups (broad SMARTS) is 1. The lowest BCUT2D eigenvalue weighted by Crippen LogP contribution is -2.36. The van der Waals surface area contributed by atoms with Crippen molar-refractivity contribution in [3.05, 3.63) is 87.3 Å². The largest absolute Gasteiger partial charge is 0.481 e. The summed E-state index contributed by atoms with van der Waals surface area (Å²) >= 11 is 7.13. The first-order chi connectivity index (χ1) is 25.8. The molecule has 2 aromatic heterocycles. The predicted molar refractivity (Wildman–Crippen MR) is 198 cm³/mol. The van der Waals surface area contributed by atoms with E-state index < -0.39 is 23.9 Å². The average Bonchev–Trinajstić information content (AvgIpc) is 3.76. The first-order valence-corrected chi connectivity index (χ1v) is 18.3. The highest BCUT2D eigenvalue weighted by atomic mass is 35.5. The summed E-state index contributed by atoms with van der Waals surface area (Å²) in [5.41, 5.74) is 4.40. The molecule has 4 aromatic rings. The van der Waals surface area contributed by atoms with E-state index >= 15 is 0 Å². The number of fused-ring (bicyclic) bond motifs is 1. The molecule has 0 unspecified atom stereocenters. The Morgan fingerprint density at radius 1 is 0.981 bits per heavy atom. The van der Waals surface area contributed by atoms with Crippen LogP contribution in [0.3, 0.4) is 0 Å². The van der Waals surface area contributed by atoms with Gasteiger partial charge in [0, 0.05) is 42.6 Å². The van der Waals surface area contributed by atoms with Crippen LogP contribution in [-0.2, 0) is 41.7 Å². The summed E-state index contributed by atoms with van der Waals surface area (Å²) in [7, 11) is 4.37. The number of Topliss-reactive ketones (excluding diaryl/α,β-unsaturated/α-hetero) is 1. The van der Waals surface area contributed by atoms with Crippen molar-refractivity contribution in [2.45, 2.75) is 76.7 Å². The summed E-state index contributed by atoms with van der Waals surface area (Å²) < 4.78 is 54.4. The fraction of sp³-hybridized carbons (Fsp3) is 0.425. The molecule has 0 radical (unpaired) electrons. The number of halogens is 4. The minimum atomic E-state index is -4.79. The Bertz CT molecular complexity index is 2040. The van der Waals surface area contributed by atoms with Crippen molar-refractivity contribution in [3.8, 4) is 34.1 Å². The highest BCUT2D eigenvalue weighted by Gasteiger charge is 2.39. The Hall–Kier alpha value is -4.59. The highest BCUT2D eigenvalue weighted by molar-refractivity contribution is 6.36. The van der Waals surface area contributed by atoms with Gasteiger partial charge in [0.25, 0.3) is 0 Å². The standard InChI is InChI=1S/C40H43ClF3N5O5/c1-22(39(51)52)49(2)21-34-38(54-4)48-33(36(46-34)40(42,43)44)18-24-12-15-29-27(24)7-5-8-28(29)30-9-6-10-31(35(30)41)32-16-13-25(37(47-32)53-3)20-45-19-23-11-14-26(50)17-23/h5-10,13,16,22-24,45H,11-12,14-15,17-21H2,1-4H3,(H,51,52)/t22-,23+,24+/m0/s1. The maximum absolute atomic E-state index is 14.5. The molecule has 0 bridgehead atoms. The van der Waals surface area contributed by atoms with Crippen molar-refractivity contribution in [2.24, 2.45) is 5.92 Å². The monoisotopic (exact) mass is 765 g/mol. The van der Waals surface area contributed by atoms with Crippen molar-refractivity contribution >= 4 is 23.4 Å². The van der Waals surface area contributed by atoms with E-state index in [9.17, 15) is 27.9 Å². The number of nitrogens with zero attached hydrogens (tertiary/aromatic N) is 4. The number of carboxylic acids is 1. The van der Waals surface area contributed by atoms with E-state index in [-0.39, 0.29) is 36.2 Å². The second-order valence-electron chi connectivity index (χ2n) is 14.0. The van der Waals surface area contributed by atoms with E-state index in [1.165, 1.54) is 26.0 Å². The summed E-state index contributed by atoms with van der Waals surface area (Å²) in [5.74, 6) is -0.325. The molecule has 0 aliphatic heterocycles. The van der Waals surface area contributed by atoms with Gasteiger partial charge in [-0.2, -0.15) is 13.2 Å². The Balaban J connectivity index is 1.26. The van der Waals surface area contributed by atoms with E-state index in [1.807, 2.05) is 48.5 Å². The summed E-state index contributed by atoms with van der Waals surface area (Å²) in [4.78, 5) is 37.5. The number of ketones is 1. The van der Waals surface area contributed by atoms with Crippen molar-refractivity contribution in [3.63, 3.8) is 0 Å². The molecule has 14 heteroatoms. The van der Waals surface area contributed by atoms with Gasteiger partial charge < -0.3 is 19.9 Å². The first-order valence-electron chi connectivity index (χ1n) is 17.9.